The molecule has 0 aromatic heterocycles. The number of nitrogens with one attached hydrogen (secondary N) is 1. The van der Waals surface area contributed by atoms with Crippen LogP contribution in [-0.2, 0) is 9.53 Å². The van der Waals surface area contributed by atoms with Gasteiger partial charge in [0.25, 0.3) is 0 Å². The van der Waals surface area contributed by atoms with Gasteiger partial charge in [-0.2, -0.15) is 0 Å². The van der Waals surface area contributed by atoms with Gasteiger partial charge in [-0.3, -0.25) is 4.79 Å². The summed E-state index contributed by atoms with van der Waals surface area (Å²) in [6, 6.07) is 14.2. The van der Waals surface area contributed by atoms with Gasteiger partial charge in [0.05, 0.1) is 18.1 Å². The fourth-order valence-corrected chi connectivity index (χ4v) is 2.83. The number of ether oxygens (including phenoxy) is 1. The summed E-state index contributed by atoms with van der Waals surface area (Å²) < 4.78 is 5.47. The molecule has 3 atom stereocenters. The SMILES string of the molecule is CCOC1CC1C(=O)NC(CN)c1ccc2ccccc2c1. The van der Waals surface area contributed by atoms with E-state index in [0.29, 0.717) is 13.2 Å². The van der Waals surface area contributed by atoms with Gasteiger partial charge in [0.2, 0.25) is 5.91 Å². The van der Waals surface area contributed by atoms with Crippen LogP contribution in [0.15, 0.2) is 42.5 Å². The Labute approximate surface area is 130 Å². The third kappa shape index (κ3) is 3.13. The largest absolute Gasteiger partial charge is 0.378 e. The lowest BCUT2D eigenvalue weighted by molar-refractivity contribution is -0.124. The average molecular weight is 298 g/mol. The lowest BCUT2D eigenvalue weighted by atomic mass is 10.0. The topological polar surface area (TPSA) is 64.3 Å². The van der Waals surface area contributed by atoms with Crippen molar-refractivity contribution in [2.45, 2.75) is 25.5 Å². The first-order valence-electron chi connectivity index (χ1n) is 7.83. The number of carbonyl (C=O) groups is 1. The summed E-state index contributed by atoms with van der Waals surface area (Å²) >= 11 is 0. The van der Waals surface area contributed by atoms with Crippen LogP contribution in [0, 0.1) is 5.92 Å². The van der Waals surface area contributed by atoms with Gasteiger partial charge in [-0.15, -0.1) is 0 Å². The van der Waals surface area contributed by atoms with Gasteiger partial charge in [0, 0.05) is 13.2 Å². The van der Waals surface area contributed by atoms with Crippen molar-refractivity contribution in [2.24, 2.45) is 11.7 Å². The molecule has 3 N–H and O–H groups in total. The summed E-state index contributed by atoms with van der Waals surface area (Å²) in [5.74, 6) is 0.0246. The molecule has 3 unspecified atom stereocenters. The molecule has 22 heavy (non-hydrogen) atoms. The molecule has 2 aromatic carbocycles. The summed E-state index contributed by atoms with van der Waals surface area (Å²) in [7, 11) is 0. The van der Waals surface area contributed by atoms with Crippen LogP contribution in [0.3, 0.4) is 0 Å². The van der Waals surface area contributed by atoms with Crippen LogP contribution in [0.4, 0.5) is 0 Å². The maximum Gasteiger partial charge on any atom is 0.226 e. The van der Waals surface area contributed by atoms with Crippen LogP contribution < -0.4 is 11.1 Å². The van der Waals surface area contributed by atoms with Crippen molar-refractivity contribution >= 4 is 16.7 Å². The first-order valence-corrected chi connectivity index (χ1v) is 7.83. The molecular weight excluding hydrogens is 276 g/mol. The van der Waals surface area contributed by atoms with E-state index in [0.717, 1.165) is 17.4 Å². The summed E-state index contributed by atoms with van der Waals surface area (Å²) in [5.41, 5.74) is 6.91. The van der Waals surface area contributed by atoms with Crippen LogP contribution in [0.5, 0.6) is 0 Å². The molecule has 116 valence electrons. The van der Waals surface area contributed by atoms with Gasteiger partial charge in [-0.1, -0.05) is 36.4 Å². The molecule has 1 fully saturated rings. The molecule has 0 heterocycles. The van der Waals surface area contributed by atoms with E-state index in [1.807, 2.05) is 25.1 Å². The third-order valence-electron chi connectivity index (χ3n) is 4.18. The molecule has 4 heteroatoms. The van der Waals surface area contributed by atoms with Gasteiger partial charge in [0.1, 0.15) is 0 Å². The summed E-state index contributed by atoms with van der Waals surface area (Å²) in [4.78, 5) is 12.3. The number of hydrogen-bond donors (Lipinski definition) is 2. The molecule has 0 bridgehead atoms. The normalized spacial score (nSPS) is 21.5. The van der Waals surface area contributed by atoms with E-state index in [1.165, 1.54) is 5.39 Å². The zero-order valence-corrected chi connectivity index (χ0v) is 12.8. The number of benzene rings is 2. The number of rotatable bonds is 6. The van der Waals surface area contributed by atoms with Crippen molar-refractivity contribution in [1.82, 2.24) is 5.32 Å². The number of hydrogen-bond acceptors (Lipinski definition) is 3. The maximum atomic E-state index is 12.3. The third-order valence-corrected chi connectivity index (χ3v) is 4.18. The lowest BCUT2D eigenvalue weighted by Crippen LogP contribution is -2.35. The van der Waals surface area contributed by atoms with Gasteiger partial charge in [-0.05, 0) is 35.7 Å². The molecule has 1 amide bonds. The average Bonchev–Trinajstić information content (AvgIpc) is 3.32. The van der Waals surface area contributed by atoms with Crippen LogP contribution in [0.2, 0.25) is 0 Å². The smallest absolute Gasteiger partial charge is 0.226 e. The second-order valence-electron chi connectivity index (χ2n) is 5.74. The highest BCUT2D eigenvalue weighted by atomic mass is 16.5. The quantitative estimate of drug-likeness (QED) is 0.860. The molecule has 1 aliphatic rings. The molecule has 1 saturated carbocycles. The van der Waals surface area contributed by atoms with Gasteiger partial charge in [-0.25, -0.2) is 0 Å². The Morgan fingerprint density at radius 1 is 1.32 bits per heavy atom. The predicted molar refractivity (Wildman–Crippen MR) is 87.4 cm³/mol. The monoisotopic (exact) mass is 298 g/mol. The van der Waals surface area contributed by atoms with Crippen LogP contribution in [0.25, 0.3) is 10.8 Å². The van der Waals surface area contributed by atoms with E-state index < -0.39 is 0 Å². The Morgan fingerprint density at radius 3 is 2.82 bits per heavy atom. The van der Waals surface area contributed by atoms with Crippen LogP contribution in [-0.4, -0.2) is 25.2 Å². The zero-order chi connectivity index (χ0) is 15.5. The fraction of sp³-hybridized carbons (Fsp3) is 0.389. The number of nitrogens with two attached hydrogens (primary N) is 1. The maximum absolute atomic E-state index is 12.3. The van der Waals surface area contributed by atoms with Crippen LogP contribution >= 0.6 is 0 Å². The van der Waals surface area contributed by atoms with E-state index >= 15 is 0 Å². The van der Waals surface area contributed by atoms with E-state index in [4.69, 9.17) is 10.5 Å². The minimum absolute atomic E-state index is 0.0190. The highest BCUT2D eigenvalue weighted by molar-refractivity contribution is 5.84. The van der Waals surface area contributed by atoms with Gasteiger partial charge < -0.3 is 15.8 Å². The molecule has 4 nitrogen and oxygen atoms in total. The van der Waals surface area contributed by atoms with Crippen molar-refractivity contribution < 1.29 is 9.53 Å². The number of fused-ring (bicyclic) bond motifs is 1. The highest BCUT2D eigenvalue weighted by Gasteiger charge is 2.44. The standard InChI is InChI=1S/C18H22N2O2/c1-2-22-17-10-15(17)18(21)20-16(11-19)14-8-7-12-5-3-4-6-13(12)9-14/h3-9,15-17H,2,10-11,19H2,1H3,(H,20,21). The molecule has 2 aromatic rings. The second kappa shape index (κ2) is 6.46. The predicted octanol–water partition coefficient (Wildman–Crippen LogP) is 2.38. The van der Waals surface area contributed by atoms with E-state index in [-0.39, 0.29) is 24.0 Å². The second-order valence-corrected chi connectivity index (χ2v) is 5.74. The van der Waals surface area contributed by atoms with Gasteiger partial charge in [0.15, 0.2) is 0 Å². The molecule has 3 rings (SSSR count). The first-order chi connectivity index (χ1) is 10.7. The van der Waals surface area contributed by atoms with Gasteiger partial charge >= 0.3 is 0 Å². The summed E-state index contributed by atoms with van der Waals surface area (Å²) in [6.07, 6.45) is 0.898. The molecule has 0 spiro atoms. The zero-order valence-electron chi connectivity index (χ0n) is 12.8. The molecule has 0 aliphatic heterocycles. The Bertz CT molecular complexity index is 671. The van der Waals surface area contributed by atoms with Crippen LogP contribution in [0.1, 0.15) is 24.9 Å². The summed E-state index contributed by atoms with van der Waals surface area (Å²) in [6.45, 7) is 2.99. The Balaban J connectivity index is 1.71. The highest BCUT2D eigenvalue weighted by Crippen LogP contribution is 2.34. The number of carbonyl (C=O) groups excluding carboxylic acids is 1. The molecular formula is C18H22N2O2. The lowest BCUT2D eigenvalue weighted by Gasteiger charge is -2.18. The molecule has 1 aliphatic carbocycles. The minimum atomic E-state index is -0.153. The van der Waals surface area contributed by atoms with Crippen molar-refractivity contribution in [1.29, 1.82) is 0 Å². The molecule has 0 radical (unpaired) electrons. The molecule has 0 saturated heterocycles. The van der Waals surface area contributed by atoms with E-state index in [1.54, 1.807) is 0 Å². The van der Waals surface area contributed by atoms with E-state index in [2.05, 4.69) is 29.6 Å². The van der Waals surface area contributed by atoms with E-state index in [9.17, 15) is 4.79 Å². The Kier molecular flexibility index (Phi) is 4.41. The van der Waals surface area contributed by atoms with Crippen molar-refractivity contribution in [3.63, 3.8) is 0 Å². The van der Waals surface area contributed by atoms with Crippen molar-refractivity contribution in [3.8, 4) is 0 Å². The van der Waals surface area contributed by atoms with Crippen molar-refractivity contribution in [3.05, 3.63) is 48.0 Å². The fourth-order valence-electron chi connectivity index (χ4n) is 2.83. The minimum Gasteiger partial charge on any atom is -0.378 e. The Morgan fingerprint density at radius 2 is 2.09 bits per heavy atom. The first kappa shape index (κ1) is 15.0. The Hall–Kier alpha value is -1.91. The summed E-state index contributed by atoms with van der Waals surface area (Å²) in [5, 5.41) is 5.40. The van der Waals surface area contributed by atoms with Crippen molar-refractivity contribution in [2.75, 3.05) is 13.2 Å². The number of amides is 1.